The monoisotopic (exact) mass is 323 g/mol. The summed E-state index contributed by atoms with van der Waals surface area (Å²) in [7, 11) is 0. The first-order valence-corrected chi connectivity index (χ1v) is 9.17. The lowest BCUT2D eigenvalue weighted by Crippen LogP contribution is -2.23. The number of fused-ring (bicyclic) bond motifs is 1. The fourth-order valence-corrected chi connectivity index (χ4v) is 3.94. The molecule has 126 valence electrons. The van der Waals surface area contributed by atoms with E-state index in [0.29, 0.717) is 6.04 Å². The molecule has 4 nitrogen and oxygen atoms in total. The highest BCUT2D eigenvalue weighted by Gasteiger charge is 2.17. The first-order valence-electron chi connectivity index (χ1n) is 9.17. The number of hydrogen-bond acceptors (Lipinski definition) is 1. The smallest absolute Gasteiger partial charge is 0.266 e. The van der Waals surface area contributed by atoms with Crippen molar-refractivity contribution in [3.8, 4) is 0 Å². The number of aromatic nitrogens is 3. The Kier molecular flexibility index (Phi) is 4.28. The summed E-state index contributed by atoms with van der Waals surface area (Å²) in [5.41, 5.74) is 3.68. The lowest BCUT2D eigenvalue weighted by atomic mass is 9.96. The third kappa shape index (κ3) is 3.18. The van der Waals surface area contributed by atoms with Gasteiger partial charge < -0.3 is 4.98 Å². The normalized spacial score (nSPS) is 16.0. The van der Waals surface area contributed by atoms with Crippen molar-refractivity contribution < 1.29 is 0 Å². The molecule has 0 atom stereocenters. The van der Waals surface area contributed by atoms with E-state index in [9.17, 15) is 4.79 Å². The summed E-state index contributed by atoms with van der Waals surface area (Å²) < 4.78 is 1.87. The molecule has 0 saturated heterocycles. The van der Waals surface area contributed by atoms with Crippen LogP contribution < -0.4 is 5.56 Å². The minimum Gasteiger partial charge on any atom is -0.358 e. The second kappa shape index (κ2) is 6.71. The van der Waals surface area contributed by atoms with E-state index >= 15 is 0 Å². The van der Waals surface area contributed by atoms with Crippen LogP contribution in [0.25, 0.3) is 10.9 Å². The quantitative estimate of drug-likeness (QED) is 0.721. The molecule has 24 heavy (non-hydrogen) atoms. The van der Waals surface area contributed by atoms with Gasteiger partial charge >= 0.3 is 0 Å². The summed E-state index contributed by atoms with van der Waals surface area (Å²) >= 11 is 0. The largest absolute Gasteiger partial charge is 0.358 e. The van der Waals surface area contributed by atoms with Crippen molar-refractivity contribution in [3.63, 3.8) is 0 Å². The van der Waals surface area contributed by atoms with E-state index in [1.807, 2.05) is 4.68 Å². The summed E-state index contributed by atoms with van der Waals surface area (Å²) in [6, 6.07) is 12.8. The van der Waals surface area contributed by atoms with Crippen molar-refractivity contribution in [1.82, 2.24) is 14.8 Å². The average molecular weight is 323 g/mol. The molecule has 2 N–H and O–H groups in total. The van der Waals surface area contributed by atoms with Crippen molar-refractivity contribution in [2.24, 2.45) is 0 Å². The predicted molar refractivity (Wildman–Crippen MR) is 97.5 cm³/mol. The van der Waals surface area contributed by atoms with Crippen LogP contribution in [0.3, 0.4) is 0 Å². The van der Waals surface area contributed by atoms with E-state index in [-0.39, 0.29) is 5.56 Å². The summed E-state index contributed by atoms with van der Waals surface area (Å²) in [4.78, 5) is 15.7. The van der Waals surface area contributed by atoms with E-state index in [2.05, 4.69) is 40.4 Å². The molecule has 0 radical (unpaired) electrons. The highest BCUT2D eigenvalue weighted by Crippen LogP contribution is 2.26. The number of para-hydroxylation sites is 1. The molecule has 0 amide bonds. The molecule has 3 aromatic rings. The van der Waals surface area contributed by atoms with Gasteiger partial charge in [0.1, 0.15) is 0 Å². The number of aromatic amines is 2. The van der Waals surface area contributed by atoms with Gasteiger partial charge in [0.05, 0.1) is 6.04 Å². The van der Waals surface area contributed by atoms with Gasteiger partial charge in [0.15, 0.2) is 0 Å². The van der Waals surface area contributed by atoms with E-state index in [0.717, 1.165) is 37.8 Å². The summed E-state index contributed by atoms with van der Waals surface area (Å²) in [6.45, 7) is 0. The second-order valence-corrected chi connectivity index (χ2v) is 7.02. The highest BCUT2D eigenvalue weighted by molar-refractivity contribution is 5.80. The third-order valence-electron chi connectivity index (χ3n) is 5.22. The van der Waals surface area contributed by atoms with Crippen molar-refractivity contribution in [3.05, 3.63) is 58.1 Å². The molecule has 1 saturated carbocycles. The van der Waals surface area contributed by atoms with E-state index < -0.39 is 0 Å². The van der Waals surface area contributed by atoms with Gasteiger partial charge in [-0.15, -0.1) is 0 Å². The van der Waals surface area contributed by atoms with Crippen LogP contribution in [0, 0.1) is 0 Å². The second-order valence-electron chi connectivity index (χ2n) is 7.02. The lowest BCUT2D eigenvalue weighted by Gasteiger charge is -2.22. The van der Waals surface area contributed by atoms with Crippen LogP contribution in [-0.2, 0) is 12.8 Å². The van der Waals surface area contributed by atoms with Crippen LogP contribution in [0.5, 0.6) is 0 Å². The zero-order chi connectivity index (χ0) is 16.4. The van der Waals surface area contributed by atoms with E-state index in [1.54, 1.807) is 6.07 Å². The first-order chi connectivity index (χ1) is 11.8. The molecule has 2 heterocycles. The molecular formula is C20H25N3O. The van der Waals surface area contributed by atoms with Crippen molar-refractivity contribution >= 4 is 10.9 Å². The van der Waals surface area contributed by atoms with Crippen LogP contribution >= 0.6 is 0 Å². The lowest BCUT2D eigenvalue weighted by molar-refractivity contribution is 0.322. The van der Waals surface area contributed by atoms with Gasteiger partial charge in [-0.2, -0.15) is 0 Å². The summed E-state index contributed by atoms with van der Waals surface area (Å²) in [6.07, 6.45) is 9.03. The van der Waals surface area contributed by atoms with Crippen LogP contribution in [0.15, 0.2) is 41.2 Å². The third-order valence-corrected chi connectivity index (χ3v) is 5.22. The fourth-order valence-electron chi connectivity index (χ4n) is 3.94. The van der Waals surface area contributed by atoms with Gasteiger partial charge in [-0.25, -0.2) is 4.68 Å². The maximum Gasteiger partial charge on any atom is 0.266 e. The summed E-state index contributed by atoms with van der Waals surface area (Å²) in [5.74, 6) is 0. The van der Waals surface area contributed by atoms with Crippen molar-refractivity contribution in [2.45, 2.75) is 57.4 Å². The standard InChI is InChI=1S/C20H25N3O/c24-20-14-17(22-23(20)18-10-2-1-3-11-18)9-6-8-16-13-15-7-4-5-12-19(15)21-16/h4-5,7,12-14,18,21-22H,1-3,6,8-11H2. The Hall–Kier alpha value is -2.23. The number of benzene rings is 1. The minimum atomic E-state index is 0.141. The van der Waals surface area contributed by atoms with Gasteiger partial charge in [-0.05, 0) is 49.6 Å². The molecule has 1 aromatic carbocycles. The fraction of sp³-hybridized carbons (Fsp3) is 0.450. The zero-order valence-electron chi connectivity index (χ0n) is 14.1. The van der Waals surface area contributed by atoms with Crippen LogP contribution in [-0.4, -0.2) is 14.8 Å². The molecule has 1 aliphatic rings. The maximum atomic E-state index is 12.2. The number of nitrogens with zero attached hydrogens (tertiary/aromatic N) is 1. The predicted octanol–water partition coefficient (Wildman–Crippen LogP) is 4.34. The molecule has 2 aromatic heterocycles. The molecule has 1 fully saturated rings. The Morgan fingerprint density at radius 2 is 1.79 bits per heavy atom. The van der Waals surface area contributed by atoms with Crippen molar-refractivity contribution in [2.75, 3.05) is 0 Å². The van der Waals surface area contributed by atoms with Crippen LogP contribution in [0.2, 0.25) is 0 Å². The van der Waals surface area contributed by atoms with Gasteiger partial charge in [0.25, 0.3) is 5.56 Å². The molecule has 4 rings (SSSR count). The number of nitrogens with one attached hydrogen (secondary N) is 2. The molecular weight excluding hydrogens is 298 g/mol. The average Bonchev–Trinajstić information content (AvgIpc) is 3.18. The number of rotatable bonds is 5. The van der Waals surface area contributed by atoms with Crippen LogP contribution in [0.4, 0.5) is 0 Å². The van der Waals surface area contributed by atoms with Crippen LogP contribution in [0.1, 0.15) is 56.0 Å². The Morgan fingerprint density at radius 3 is 2.62 bits per heavy atom. The minimum absolute atomic E-state index is 0.141. The number of H-pyrrole nitrogens is 2. The van der Waals surface area contributed by atoms with Gasteiger partial charge in [0, 0.05) is 23.0 Å². The molecule has 4 heteroatoms. The van der Waals surface area contributed by atoms with Gasteiger partial charge in [-0.1, -0.05) is 37.5 Å². The van der Waals surface area contributed by atoms with E-state index in [1.165, 1.54) is 35.9 Å². The SMILES string of the molecule is O=c1cc(CCCc2cc3ccccc3[nH]2)[nH]n1C1CCCCC1. The Balaban J connectivity index is 1.38. The topological polar surface area (TPSA) is 53.6 Å². The molecule has 0 bridgehead atoms. The Bertz CT molecular complexity index is 831. The Labute approximate surface area is 141 Å². The molecule has 0 spiro atoms. The van der Waals surface area contributed by atoms with E-state index in [4.69, 9.17) is 0 Å². The molecule has 1 aliphatic carbocycles. The number of hydrogen-bond donors (Lipinski definition) is 2. The first kappa shape index (κ1) is 15.3. The molecule has 0 unspecified atom stereocenters. The Morgan fingerprint density at radius 1 is 1.00 bits per heavy atom. The summed E-state index contributed by atoms with van der Waals surface area (Å²) in [5, 5.41) is 4.63. The zero-order valence-corrected chi connectivity index (χ0v) is 14.1. The highest BCUT2D eigenvalue weighted by atomic mass is 16.1. The number of aryl methyl sites for hydroxylation is 2. The maximum absolute atomic E-state index is 12.2. The van der Waals surface area contributed by atoms with Gasteiger partial charge in [-0.3, -0.25) is 9.89 Å². The molecule has 0 aliphatic heterocycles. The van der Waals surface area contributed by atoms with Crippen molar-refractivity contribution in [1.29, 1.82) is 0 Å². The van der Waals surface area contributed by atoms with Gasteiger partial charge in [0.2, 0.25) is 0 Å².